The van der Waals surface area contributed by atoms with E-state index in [9.17, 15) is 20.1 Å². The number of nitrogens with zero attached hydrogens (tertiary/aromatic N) is 4. The SMILES string of the molecule is Nc1nc(C#CC2(O)CC3CCC2C3)nc2c1ncn2C1OC(C(=O)ONC2CC2)C(O)C1O. The van der Waals surface area contributed by atoms with Crippen LogP contribution in [0.5, 0.6) is 0 Å². The van der Waals surface area contributed by atoms with Crippen molar-refractivity contribution in [1.29, 1.82) is 0 Å². The summed E-state index contributed by atoms with van der Waals surface area (Å²) in [6, 6.07) is 0.109. The molecule has 0 radical (unpaired) electrons. The van der Waals surface area contributed by atoms with Crippen molar-refractivity contribution in [2.24, 2.45) is 11.8 Å². The molecule has 3 saturated carbocycles. The van der Waals surface area contributed by atoms with Crippen LogP contribution in [0.15, 0.2) is 6.33 Å². The number of imidazole rings is 1. The molecule has 1 saturated heterocycles. The van der Waals surface area contributed by atoms with E-state index in [4.69, 9.17) is 15.3 Å². The van der Waals surface area contributed by atoms with Crippen LogP contribution in [-0.2, 0) is 14.4 Å². The molecule has 12 heteroatoms. The number of carbonyl (C=O) groups excluding carboxylic acids is 1. The lowest BCUT2D eigenvalue weighted by Gasteiger charge is -2.26. The summed E-state index contributed by atoms with van der Waals surface area (Å²) in [5.74, 6) is 5.81. The number of aliphatic hydroxyl groups excluding tert-OH is 2. The van der Waals surface area contributed by atoms with Gasteiger partial charge in [0.25, 0.3) is 0 Å². The molecule has 180 valence electrons. The van der Waals surface area contributed by atoms with E-state index in [0.29, 0.717) is 12.3 Å². The van der Waals surface area contributed by atoms with Gasteiger partial charge >= 0.3 is 5.97 Å². The van der Waals surface area contributed by atoms with Gasteiger partial charge in [0.15, 0.2) is 23.8 Å². The largest absolute Gasteiger partial charge is 0.387 e. The predicted octanol–water partition coefficient (Wildman–Crippen LogP) is -0.859. The van der Waals surface area contributed by atoms with E-state index in [-0.39, 0.29) is 34.8 Å². The number of fused-ring (bicyclic) bond motifs is 3. The molecule has 6 rings (SSSR count). The quantitative estimate of drug-likeness (QED) is 0.277. The van der Waals surface area contributed by atoms with Gasteiger partial charge in [-0.2, -0.15) is 0 Å². The lowest BCUT2D eigenvalue weighted by Crippen LogP contribution is -2.39. The highest BCUT2D eigenvalue weighted by Gasteiger charge is 2.50. The summed E-state index contributed by atoms with van der Waals surface area (Å²) < 4.78 is 7.03. The van der Waals surface area contributed by atoms with Crippen LogP contribution >= 0.6 is 0 Å². The molecular formula is C22H26N6O6. The third-order valence-corrected chi connectivity index (χ3v) is 7.30. The van der Waals surface area contributed by atoms with E-state index in [1.165, 1.54) is 10.9 Å². The highest BCUT2D eigenvalue weighted by Crippen LogP contribution is 2.50. The Morgan fingerprint density at radius 1 is 1.26 bits per heavy atom. The van der Waals surface area contributed by atoms with Crippen molar-refractivity contribution in [2.45, 2.75) is 74.7 Å². The first kappa shape index (κ1) is 21.7. The highest BCUT2D eigenvalue weighted by molar-refractivity contribution is 5.82. The number of nitrogens with one attached hydrogen (secondary N) is 1. The number of aliphatic hydroxyl groups is 3. The minimum absolute atomic E-state index is 0.0746. The van der Waals surface area contributed by atoms with Crippen molar-refractivity contribution in [3.05, 3.63) is 12.2 Å². The zero-order chi connectivity index (χ0) is 23.6. The van der Waals surface area contributed by atoms with Gasteiger partial charge in [-0.25, -0.2) is 19.7 Å². The summed E-state index contributed by atoms with van der Waals surface area (Å²) in [7, 11) is 0. The summed E-state index contributed by atoms with van der Waals surface area (Å²) in [5.41, 5.74) is 8.10. The van der Waals surface area contributed by atoms with Crippen molar-refractivity contribution in [2.75, 3.05) is 5.73 Å². The number of hydrogen-bond donors (Lipinski definition) is 5. The summed E-state index contributed by atoms with van der Waals surface area (Å²) >= 11 is 0. The lowest BCUT2D eigenvalue weighted by molar-refractivity contribution is -0.170. The van der Waals surface area contributed by atoms with Gasteiger partial charge in [-0.1, -0.05) is 5.92 Å². The molecule has 3 aliphatic carbocycles. The Bertz CT molecular complexity index is 1200. The van der Waals surface area contributed by atoms with Gasteiger partial charge in [0.05, 0.1) is 6.33 Å². The number of aromatic nitrogens is 4. The Morgan fingerprint density at radius 3 is 2.79 bits per heavy atom. The fraction of sp³-hybridized carbons (Fsp3) is 0.636. The Morgan fingerprint density at radius 2 is 2.09 bits per heavy atom. The summed E-state index contributed by atoms with van der Waals surface area (Å²) in [4.78, 5) is 30.1. The second-order valence-corrected chi connectivity index (χ2v) is 9.75. The highest BCUT2D eigenvalue weighted by atomic mass is 16.7. The van der Waals surface area contributed by atoms with Gasteiger partial charge in [0, 0.05) is 6.04 Å². The number of rotatable bonds is 4. The third-order valence-electron chi connectivity index (χ3n) is 7.30. The number of ether oxygens (including phenoxy) is 1. The first-order chi connectivity index (χ1) is 16.3. The van der Waals surface area contributed by atoms with Crippen LogP contribution in [0.3, 0.4) is 0 Å². The average molecular weight is 470 g/mol. The van der Waals surface area contributed by atoms with Gasteiger partial charge in [-0.3, -0.25) is 4.57 Å². The van der Waals surface area contributed by atoms with E-state index in [0.717, 1.165) is 32.1 Å². The van der Waals surface area contributed by atoms with Crippen molar-refractivity contribution in [3.63, 3.8) is 0 Å². The maximum Gasteiger partial charge on any atom is 0.356 e. The molecule has 34 heavy (non-hydrogen) atoms. The molecule has 0 spiro atoms. The molecule has 3 heterocycles. The minimum atomic E-state index is -1.51. The van der Waals surface area contributed by atoms with Crippen LogP contribution in [0.4, 0.5) is 5.82 Å². The van der Waals surface area contributed by atoms with E-state index in [1.54, 1.807) is 0 Å². The van der Waals surface area contributed by atoms with Gasteiger partial charge in [-0.05, 0) is 56.3 Å². The molecule has 7 unspecified atom stereocenters. The average Bonchev–Trinajstić information content (AvgIpc) is 3.09. The lowest BCUT2D eigenvalue weighted by atomic mass is 9.85. The van der Waals surface area contributed by atoms with Crippen LogP contribution in [0.2, 0.25) is 0 Å². The van der Waals surface area contributed by atoms with E-state index >= 15 is 0 Å². The molecule has 0 amide bonds. The second kappa shape index (κ2) is 7.86. The van der Waals surface area contributed by atoms with Gasteiger partial charge in [-0.15, -0.1) is 5.48 Å². The maximum atomic E-state index is 12.3. The van der Waals surface area contributed by atoms with Crippen LogP contribution in [0.1, 0.15) is 50.6 Å². The summed E-state index contributed by atoms with van der Waals surface area (Å²) in [6.07, 6.45) is 1.35. The van der Waals surface area contributed by atoms with Gasteiger partial charge in [0.2, 0.25) is 5.82 Å². The van der Waals surface area contributed by atoms with Gasteiger partial charge in [0.1, 0.15) is 23.3 Å². The van der Waals surface area contributed by atoms with Crippen molar-refractivity contribution in [3.8, 4) is 11.8 Å². The monoisotopic (exact) mass is 470 g/mol. The zero-order valence-electron chi connectivity index (χ0n) is 18.3. The number of anilines is 1. The Balaban J connectivity index is 1.27. The Hall–Kier alpha value is -2.82. The molecule has 1 aliphatic heterocycles. The van der Waals surface area contributed by atoms with Crippen LogP contribution in [0, 0.1) is 23.7 Å². The fourth-order valence-corrected chi connectivity index (χ4v) is 5.28. The number of hydrogen-bond acceptors (Lipinski definition) is 11. The number of hydroxylamine groups is 1. The van der Waals surface area contributed by atoms with E-state index in [2.05, 4.69) is 32.3 Å². The molecule has 2 aromatic rings. The standard InChI is InChI=1S/C22H26N6O6/c23-18-14-19(26-13(25-18)5-6-22(32)8-10-1-2-11(22)7-10)28(9-24-14)20-16(30)15(29)17(33-20)21(31)34-27-12-3-4-12/h9-12,15-17,20,27,29-30,32H,1-4,7-8H2,(H2,23,25,26). The molecule has 7 atom stereocenters. The number of nitrogen functional groups attached to an aromatic ring is 1. The van der Waals surface area contributed by atoms with Crippen LogP contribution in [0.25, 0.3) is 11.2 Å². The molecule has 0 aromatic carbocycles. The summed E-state index contributed by atoms with van der Waals surface area (Å²) in [6.45, 7) is 0. The van der Waals surface area contributed by atoms with E-state index in [1.807, 2.05) is 0 Å². The third kappa shape index (κ3) is 3.60. The molecule has 4 aliphatic rings. The topological polar surface area (TPSA) is 178 Å². The predicted molar refractivity (Wildman–Crippen MR) is 115 cm³/mol. The second-order valence-electron chi connectivity index (χ2n) is 9.75. The molecule has 2 bridgehead atoms. The van der Waals surface area contributed by atoms with E-state index < -0.39 is 36.1 Å². The minimum Gasteiger partial charge on any atom is -0.387 e. The molecular weight excluding hydrogens is 444 g/mol. The Kier molecular flexibility index (Phi) is 5.02. The molecule has 4 fully saturated rings. The number of nitrogens with two attached hydrogens (primary N) is 1. The fourth-order valence-electron chi connectivity index (χ4n) is 5.28. The van der Waals surface area contributed by atoms with Crippen molar-refractivity contribution >= 4 is 23.0 Å². The van der Waals surface area contributed by atoms with Crippen LogP contribution in [-0.4, -0.2) is 70.8 Å². The van der Waals surface area contributed by atoms with Crippen LogP contribution < -0.4 is 11.2 Å². The number of carbonyl (C=O) groups is 1. The smallest absolute Gasteiger partial charge is 0.356 e. The summed E-state index contributed by atoms with van der Waals surface area (Å²) in [5, 5.41) is 31.9. The van der Waals surface area contributed by atoms with Crippen molar-refractivity contribution in [1.82, 2.24) is 25.0 Å². The zero-order valence-corrected chi connectivity index (χ0v) is 18.3. The first-order valence-electron chi connectivity index (χ1n) is 11.6. The van der Waals surface area contributed by atoms with Gasteiger partial charge < -0.3 is 30.6 Å². The first-order valence-corrected chi connectivity index (χ1v) is 11.6. The maximum absolute atomic E-state index is 12.3. The Labute approximate surface area is 194 Å². The van der Waals surface area contributed by atoms with Crippen molar-refractivity contribution < 1.29 is 29.7 Å². The molecule has 6 N–H and O–H groups in total. The normalized spacial score (nSPS) is 36.6. The molecule has 2 aromatic heterocycles. The molecule has 12 nitrogen and oxygen atoms in total.